The van der Waals surface area contributed by atoms with Gasteiger partial charge in [-0.25, -0.2) is 9.18 Å². The number of carbonyl (C=O) groups excluding carboxylic acids is 1. The summed E-state index contributed by atoms with van der Waals surface area (Å²) < 4.78 is 14.3. The van der Waals surface area contributed by atoms with Gasteiger partial charge in [-0.1, -0.05) is 40.2 Å². The Morgan fingerprint density at radius 2 is 1.71 bits per heavy atom. The minimum absolute atomic E-state index is 0.0145. The van der Waals surface area contributed by atoms with Crippen molar-refractivity contribution in [1.29, 1.82) is 0 Å². The molecule has 28 heavy (non-hydrogen) atoms. The van der Waals surface area contributed by atoms with Gasteiger partial charge in [-0.2, -0.15) is 0 Å². The Bertz CT molecular complexity index is 826. The summed E-state index contributed by atoms with van der Waals surface area (Å²) in [6.07, 6.45) is 0. The fourth-order valence-corrected chi connectivity index (χ4v) is 4.71. The predicted molar refractivity (Wildman–Crippen MR) is 112 cm³/mol. The second-order valence-corrected chi connectivity index (χ2v) is 8.94. The van der Waals surface area contributed by atoms with Crippen LogP contribution in [0.4, 0.5) is 9.18 Å². The van der Waals surface area contributed by atoms with E-state index in [-0.39, 0.29) is 30.0 Å². The van der Waals surface area contributed by atoms with Crippen molar-refractivity contribution in [2.75, 3.05) is 13.1 Å². The number of benzene rings is 2. The lowest BCUT2D eigenvalue weighted by Crippen LogP contribution is -2.74. The number of piperazine rings is 1. The van der Waals surface area contributed by atoms with E-state index in [0.717, 1.165) is 16.6 Å². The van der Waals surface area contributed by atoms with Crippen LogP contribution in [0.2, 0.25) is 0 Å². The molecule has 3 atom stereocenters. The highest BCUT2D eigenvalue weighted by Crippen LogP contribution is 2.45. The first kappa shape index (κ1) is 19.4. The summed E-state index contributed by atoms with van der Waals surface area (Å²) in [6.45, 7) is 6.15. The van der Waals surface area contributed by atoms with Gasteiger partial charge in [0.1, 0.15) is 5.82 Å². The predicted octanol–water partition coefficient (Wildman–Crippen LogP) is 4.36. The molecule has 4 nitrogen and oxygen atoms in total. The number of nitrogens with one attached hydrogen (secondary N) is 1. The molecule has 0 aliphatic carbocycles. The van der Waals surface area contributed by atoms with Crippen LogP contribution in [-0.4, -0.2) is 47.0 Å². The monoisotopic (exact) mass is 445 g/mol. The number of amides is 2. The molecular weight excluding hydrogens is 421 g/mol. The first-order chi connectivity index (χ1) is 13.4. The van der Waals surface area contributed by atoms with Crippen molar-refractivity contribution in [2.45, 2.75) is 44.4 Å². The van der Waals surface area contributed by atoms with E-state index < -0.39 is 0 Å². The van der Waals surface area contributed by atoms with Gasteiger partial charge >= 0.3 is 6.03 Å². The lowest BCUT2D eigenvalue weighted by molar-refractivity contribution is -0.0846. The van der Waals surface area contributed by atoms with Crippen molar-refractivity contribution in [3.8, 4) is 0 Å². The van der Waals surface area contributed by atoms with Gasteiger partial charge in [0.2, 0.25) is 0 Å². The van der Waals surface area contributed by atoms with E-state index in [1.54, 1.807) is 0 Å². The van der Waals surface area contributed by atoms with E-state index in [4.69, 9.17) is 0 Å². The Morgan fingerprint density at radius 3 is 2.29 bits per heavy atom. The summed E-state index contributed by atoms with van der Waals surface area (Å²) in [5.74, 6) is 0.202. The normalized spacial score (nSPS) is 24.2. The van der Waals surface area contributed by atoms with Crippen molar-refractivity contribution in [3.63, 3.8) is 0 Å². The number of carbonyl (C=O) groups is 1. The van der Waals surface area contributed by atoms with E-state index in [2.05, 4.69) is 50.4 Å². The van der Waals surface area contributed by atoms with Gasteiger partial charge in [-0.15, -0.1) is 0 Å². The molecule has 3 saturated heterocycles. The van der Waals surface area contributed by atoms with Crippen molar-refractivity contribution in [3.05, 3.63) is 69.9 Å². The van der Waals surface area contributed by atoms with E-state index >= 15 is 0 Å². The molecule has 3 aliphatic heterocycles. The minimum Gasteiger partial charge on any atom is -0.336 e. The second-order valence-electron chi connectivity index (χ2n) is 8.02. The van der Waals surface area contributed by atoms with Gasteiger partial charge in [-0.3, -0.25) is 4.90 Å². The summed E-state index contributed by atoms with van der Waals surface area (Å²) >= 11 is 3.51. The number of fused-ring (bicyclic) bond motifs is 2. The summed E-state index contributed by atoms with van der Waals surface area (Å²) in [6, 6.07) is 15.9. The highest BCUT2D eigenvalue weighted by Gasteiger charge is 2.54. The first-order valence-corrected chi connectivity index (χ1v) is 10.5. The fraction of sp³-hybridized carbons (Fsp3) is 0.409. The molecule has 0 spiro atoms. The Balaban J connectivity index is 1.53. The standard InChI is InChI=1S/C22H25BrFN3O/c1-14(2)25-22(28)26-12-19-21(16-5-7-17(23)8-6-16)20(13-26)27(19)11-15-3-9-18(24)10-4-15/h3-10,14,19-21H,11-13H2,1-2H3,(H,25,28)/t19-,20+,21?. The lowest BCUT2D eigenvalue weighted by Gasteiger charge is -2.62. The van der Waals surface area contributed by atoms with E-state index in [1.165, 1.54) is 17.7 Å². The average molecular weight is 446 g/mol. The summed E-state index contributed by atoms with van der Waals surface area (Å²) in [5, 5.41) is 3.01. The molecule has 0 saturated carbocycles. The quantitative estimate of drug-likeness (QED) is 0.758. The van der Waals surface area contributed by atoms with Crippen LogP contribution in [0.25, 0.3) is 0 Å². The van der Waals surface area contributed by atoms with Gasteiger partial charge in [0.25, 0.3) is 0 Å². The molecular formula is C22H25BrFN3O. The van der Waals surface area contributed by atoms with Crippen LogP contribution in [0.1, 0.15) is 30.9 Å². The van der Waals surface area contributed by atoms with Gasteiger partial charge in [-0.05, 0) is 49.2 Å². The highest BCUT2D eigenvalue weighted by molar-refractivity contribution is 9.10. The maximum absolute atomic E-state index is 13.2. The molecule has 1 unspecified atom stereocenters. The van der Waals surface area contributed by atoms with Crippen LogP contribution in [0, 0.1) is 5.82 Å². The molecule has 3 aliphatic rings. The molecule has 3 heterocycles. The second kappa shape index (κ2) is 7.84. The van der Waals surface area contributed by atoms with Gasteiger partial charge in [0.05, 0.1) is 0 Å². The van der Waals surface area contributed by atoms with Crippen LogP contribution in [0.3, 0.4) is 0 Å². The molecule has 2 amide bonds. The Hall–Kier alpha value is -1.92. The van der Waals surface area contributed by atoms with Crippen LogP contribution < -0.4 is 5.32 Å². The SMILES string of the molecule is CC(C)NC(=O)N1C[C@@H]2C(c3ccc(Br)cc3)[C@H](C1)N2Cc1ccc(F)cc1. The Morgan fingerprint density at radius 1 is 1.11 bits per heavy atom. The Kier molecular flexibility index (Phi) is 5.43. The summed E-state index contributed by atoms with van der Waals surface area (Å²) in [4.78, 5) is 16.9. The summed E-state index contributed by atoms with van der Waals surface area (Å²) in [5.41, 5.74) is 2.42. The molecule has 5 rings (SSSR count). The number of halogens is 2. The highest BCUT2D eigenvalue weighted by atomic mass is 79.9. The zero-order valence-corrected chi connectivity index (χ0v) is 17.7. The maximum atomic E-state index is 13.2. The van der Waals surface area contributed by atoms with Gasteiger partial charge < -0.3 is 10.2 Å². The van der Waals surface area contributed by atoms with Crippen LogP contribution in [0.5, 0.6) is 0 Å². The van der Waals surface area contributed by atoms with Crippen LogP contribution in [-0.2, 0) is 6.54 Å². The van der Waals surface area contributed by atoms with Crippen LogP contribution in [0.15, 0.2) is 53.0 Å². The number of rotatable bonds is 4. The lowest BCUT2D eigenvalue weighted by atomic mass is 9.71. The third kappa shape index (κ3) is 3.80. The molecule has 2 aromatic carbocycles. The van der Waals surface area contributed by atoms with E-state index in [9.17, 15) is 9.18 Å². The zero-order chi connectivity index (χ0) is 19.8. The average Bonchev–Trinajstić information content (AvgIpc) is 2.67. The van der Waals surface area contributed by atoms with Crippen molar-refractivity contribution in [2.24, 2.45) is 0 Å². The van der Waals surface area contributed by atoms with E-state index in [0.29, 0.717) is 19.0 Å². The number of hydrogen-bond donors (Lipinski definition) is 1. The number of piperidine rings is 1. The van der Waals surface area contributed by atoms with Crippen LogP contribution >= 0.6 is 15.9 Å². The zero-order valence-electron chi connectivity index (χ0n) is 16.1. The molecule has 0 aromatic heterocycles. The first-order valence-electron chi connectivity index (χ1n) is 9.73. The number of hydrogen-bond acceptors (Lipinski definition) is 2. The fourth-order valence-electron chi connectivity index (χ4n) is 4.44. The van der Waals surface area contributed by atoms with Gasteiger partial charge in [0.15, 0.2) is 0 Å². The van der Waals surface area contributed by atoms with Gasteiger partial charge in [0, 0.05) is 48.2 Å². The maximum Gasteiger partial charge on any atom is 0.317 e. The van der Waals surface area contributed by atoms with Crippen molar-refractivity contribution in [1.82, 2.24) is 15.1 Å². The molecule has 0 radical (unpaired) electrons. The topological polar surface area (TPSA) is 35.6 Å². The molecule has 1 N–H and O–H groups in total. The third-order valence-corrected chi connectivity index (χ3v) is 6.26. The van der Waals surface area contributed by atoms with Crippen molar-refractivity contribution >= 4 is 22.0 Å². The largest absolute Gasteiger partial charge is 0.336 e. The number of urea groups is 1. The molecule has 3 fully saturated rings. The van der Waals surface area contributed by atoms with Crippen molar-refractivity contribution < 1.29 is 9.18 Å². The molecule has 2 aromatic rings. The minimum atomic E-state index is -0.211. The number of nitrogens with zero attached hydrogens (tertiary/aromatic N) is 2. The smallest absolute Gasteiger partial charge is 0.317 e. The molecule has 6 heteroatoms. The third-order valence-electron chi connectivity index (χ3n) is 5.73. The molecule has 2 bridgehead atoms. The molecule has 148 valence electrons. The van der Waals surface area contributed by atoms with E-state index in [1.807, 2.05) is 30.9 Å². The summed E-state index contributed by atoms with van der Waals surface area (Å²) in [7, 11) is 0. The Labute approximate surface area is 173 Å².